The highest BCUT2D eigenvalue weighted by Crippen LogP contribution is 2.11. The van der Waals surface area contributed by atoms with Crippen molar-refractivity contribution in [2.45, 2.75) is 13.5 Å². The fraction of sp³-hybridized carbons (Fsp3) is 0.368. The maximum absolute atomic E-state index is 12.6. The maximum atomic E-state index is 12.6. The molecule has 1 fully saturated rings. The third-order valence-corrected chi connectivity index (χ3v) is 4.47. The molecule has 7 nitrogen and oxygen atoms in total. The van der Waals surface area contributed by atoms with Gasteiger partial charge >= 0.3 is 11.8 Å². The Bertz CT molecular complexity index is 730. The van der Waals surface area contributed by atoms with Crippen LogP contribution in [0.2, 0.25) is 0 Å². The SMILES string of the molecule is CCN(Cc1ccccc1)C(=O)C(=O)N1CCN(c2ncccn2)CC1. The third-order valence-electron chi connectivity index (χ3n) is 4.47. The molecule has 0 spiro atoms. The minimum atomic E-state index is -0.444. The summed E-state index contributed by atoms with van der Waals surface area (Å²) in [4.78, 5) is 38.9. The zero-order valence-corrected chi connectivity index (χ0v) is 14.9. The minimum absolute atomic E-state index is 0.434. The molecule has 3 rings (SSSR count). The topological polar surface area (TPSA) is 69.6 Å². The van der Waals surface area contributed by atoms with Gasteiger partial charge in [0, 0.05) is 51.7 Å². The zero-order chi connectivity index (χ0) is 18.4. The average Bonchev–Trinajstić information content (AvgIpc) is 2.72. The molecule has 0 N–H and O–H groups in total. The van der Waals surface area contributed by atoms with Gasteiger partial charge in [0.05, 0.1) is 0 Å². The van der Waals surface area contributed by atoms with Gasteiger partial charge in [0.1, 0.15) is 0 Å². The molecule has 136 valence electrons. The van der Waals surface area contributed by atoms with E-state index < -0.39 is 11.8 Å². The summed E-state index contributed by atoms with van der Waals surface area (Å²) in [6, 6.07) is 11.5. The van der Waals surface area contributed by atoms with Crippen molar-refractivity contribution in [3.05, 3.63) is 54.4 Å². The predicted octanol–water partition coefficient (Wildman–Crippen LogP) is 1.17. The summed E-state index contributed by atoms with van der Waals surface area (Å²) in [6.45, 7) is 5.05. The van der Waals surface area contributed by atoms with E-state index in [4.69, 9.17) is 0 Å². The average molecular weight is 353 g/mol. The number of carbonyl (C=O) groups is 2. The van der Waals surface area contributed by atoms with Gasteiger partial charge in [-0.2, -0.15) is 0 Å². The van der Waals surface area contributed by atoms with Crippen LogP contribution >= 0.6 is 0 Å². The summed E-state index contributed by atoms with van der Waals surface area (Å²) in [6.07, 6.45) is 3.40. The molecule has 2 heterocycles. The molecule has 1 aliphatic rings. The van der Waals surface area contributed by atoms with E-state index in [2.05, 4.69) is 9.97 Å². The van der Waals surface area contributed by atoms with E-state index in [1.54, 1.807) is 28.3 Å². The second kappa shape index (κ2) is 8.42. The van der Waals surface area contributed by atoms with Crippen LogP contribution in [0.15, 0.2) is 48.8 Å². The molecule has 1 saturated heterocycles. The maximum Gasteiger partial charge on any atom is 0.312 e. The molecular formula is C19H23N5O2. The van der Waals surface area contributed by atoms with E-state index in [9.17, 15) is 9.59 Å². The number of hydrogen-bond acceptors (Lipinski definition) is 5. The van der Waals surface area contributed by atoms with Crippen LogP contribution in [-0.2, 0) is 16.1 Å². The lowest BCUT2D eigenvalue weighted by molar-refractivity contribution is -0.152. The number of rotatable bonds is 4. The number of nitrogens with zero attached hydrogens (tertiary/aromatic N) is 5. The van der Waals surface area contributed by atoms with Crippen LogP contribution in [0.5, 0.6) is 0 Å². The van der Waals surface area contributed by atoms with Crippen LogP contribution in [0.4, 0.5) is 5.95 Å². The van der Waals surface area contributed by atoms with Crippen molar-refractivity contribution < 1.29 is 9.59 Å². The van der Waals surface area contributed by atoms with Crippen molar-refractivity contribution in [2.24, 2.45) is 0 Å². The second-order valence-electron chi connectivity index (χ2n) is 6.13. The molecule has 26 heavy (non-hydrogen) atoms. The van der Waals surface area contributed by atoms with Crippen molar-refractivity contribution in [1.29, 1.82) is 0 Å². The smallest absolute Gasteiger partial charge is 0.312 e. The lowest BCUT2D eigenvalue weighted by atomic mass is 10.2. The van der Waals surface area contributed by atoms with E-state index in [-0.39, 0.29) is 0 Å². The fourth-order valence-corrected chi connectivity index (χ4v) is 2.97. The molecule has 0 bridgehead atoms. The Labute approximate surface area is 153 Å². The molecule has 0 unspecified atom stereocenters. The molecule has 1 aromatic heterocycles. The standard InChI is InChI=1S/C19H23N5O2/c1-2-22(15-16-7-4-3-5-8-16)17(25)18(26)23-11-13-24(14-12-23)19-20-9-6-10-21-19/h3-10H,2,11-15H2,1H3. The molecule has 1 aromatic carbocycles. The van der Waals surface area contributed by atoms with Crippen molar-refractivity contribution in [2.75, 3.05) is 37.6 Å². The molecule has 0 aliphatic carbocycles. The molecule has 2 aromatic rings. The molecule has 1 aliphatic heterocycles. The highest BCUT2D eigenvalue weighted by molar-refractivity contribution is 6.34. The summed E-state index contributed by atoms with van der Waals surface area (Å²) in [5, 5.41) is 0. The van der Waals surface area contributed by atoms with Crippen molar-refractivity contribution >= 4 is 17.8 Å². The van der Waals surface area contributed by atoms with Crippen LogP contribution in [0.1, 0.15) is 12.5 Å². The first kappa shape index (κ1) is 17.8. The van der Waals surface area contributed by atoms with Gasteiger partial charge in [0.25, 0.3) is 0 Å². The van der Waals surface area contributed by atoms with Gasteiger partial charge in [-0.1, -0.05) is 30.3 Å². The summed E-state index contributed by atoms with van der Waals surface area (Å²) >= 11 is 0. The highest BCUT2D eigenvalue weighted by atomic mass is 16.2. The van der Waals surface area contributed by atoms with Gasteiger partial charge in [-0.15, -0.1) is 0 Å². The molecule has 0 atom stereocenters. The fourth-order valence-electron chi connectivity index (χ4n) is 2.97. The summed E-state index contributed by atoms with van der Waals surface area (Å²) in [5.74, 6) is -0.220. The van der Waals surface area contributed by atoms with E-state index in [0.717, 1.165) is 5.56 Å². The Morgan fingerprint density at radius 1 is 1.00 bits per heavy atom. The Balaban J connectivity index is 1.57. The van der Waals surface area contributed by atoms with Gasteiger partial charge in [0.2, 0.25) is 5.95 Å². The summed E-state index contributed by atoms with van der Waals surface area (Å²) in [7, 11) is 0. The molecular weight excluding hydrogens is 330 g/mol. The van der Waals surface area contributed by atoms with E-state index in [0.29, 0.717) is 45.2 Å². The quantitative estimate of drug-likeness (QED) is 0.772. The van der Waals surface area contributed by atoms with Crippen LogP contribution in [0.3, 0.4) is 0 Å². The number of carbonyl (C=O) groups excluding carboxylic acids is 2. The number of piperazine rings is 1. The van der Waals surface area contributed by atoms with E-state index in [1.807, 2.05) is 42.2 Å². The lowest BCUT2D eigenvalue weighted by Gasteiger charge is -2.35. The van der Waals surface area contributed by atoms with Crippen molar-refractivity contribution in [1.82, 2.24) is 19.8 Å². The zero-order valence-electron chi connectivity index (χ0n) is 14.9. The van der Waals surface area contributed by atoms with E-state index in [1.165, 1.54) is 0 Å². The van der Waals surface area contributed by atoms with Crippen molar-refractivity contribution in [3.8, 4) is 0 Å². The van der Waals surface area contributed by atoms with Crippen LogP contribution in [0.25, 0.3) is 0 Å². The first-order valence-corrected chi connectivity index (χ1v) is 8.83. The number of amides is 2. The first-order valence-electron chi connectivity index (χ1n) is 8.83. The number of aromatic nitrogens is 2. The number of benzene rings is 1. The van der Waals surface area contributed by atoms with Gasteiger partial charge in [0.15, 0.2) is 0 Å². The number of likely N-dealkylation sites (N-methyl/N-ethyl adjacent to an activating group) is 1. The second-order valence-corrected chi connectivity index (χ2v) is 6.13. The molecule has 0 radical (unpaired) electrons. The Morgan fingerprint density at radius 2 is 1.65 bits per heavy atom. The first-order chi connectivity index (χ1) is 12.7. The summed E-state index contributed by atoms with van der Waals surface area (Å²) < 4.78 is 0. The monoisotopic (exact) mass is 353 g/mol. The lowest BCUT2D eigenvalue weighted by Crippen LogP contribution is -2.53. The number of anilines is 1. The summed E-state index contributed by atoms with van der Waals surface area (Å²) in [5.41, 5.74) is 1.02. The van der Waals surface area contributed by atoms with Gasteiger partial charge in [-0.3, -0.25) is 9.59 Å². The Kier molecular flexibility index (Phi) is 5.78. The third kappa shape index (κ3) is 4.17. The van der Waals surface area contributed by atoms with Gasteiger partial charge in [-0.25, -0.2) is 9.97 Å². The minimum Gasteiger partial charge on any atom is -0.337 e. The molecule has 2 amide bonds. The Morgan fingerprint density at radius 3 is 2.27 bits per heavy atom. The van der Waals surface area contributed by atoms with E-state index >= 15 is 0 Å². The van der Waals surface area contributed by atoms with Crippen LogP contribution in [-0.4, -0.2) is 64.3 Å². The van der Waals surface area contributed by atoms with Crippen molar-refractivity contribution in [3.63, 3.8) is 0 Å². The molecule has 0 saturated carbocycles. The predicted molar refractivity (Wildman–Crippen MR) is 98.4 cm³/mol. The Hall–Kier alpha value is -2.96. The van der Waals surface area contributed by atoms with Crippen LogP contribution < -0.4 is 4.90 Å². The van der Waals surface area contributed by atoms with Gasteiger partial charge in [-0.05, 0) is 18.6 Å². The highest BCUT2D eigenvalue weighted by Gasteiger charge is 2.29. The number of hydrogen-bond donors (Lipinski definition) is 0. The van der Waals surface area contributed by atoms with Crippen LogP contribution in [0, 0.1) is 0 Å². The normalized spacial score (nSPS) is 14.2. The molecule has 7 heteroatoms. The van der Waals surface area contributed by atoms with Gasteiger partial charge < -0.3 is 14.7 Å². The largest absolute Gasteiger partial charge is 0.337 e.